The highest BCUT2D eigenvalue weighted by Gasteiger charge is 2.52. The molecule has 4 aliphatic rings. The quantitative estimate of drug-likeness (QED) is 0.135. The molecule has 116 heavy (non-hydrogen) atoms. The Kier molecular flexibility index (Phi) is 13.3. The SMILES string of the molecule is [2H]c1c([2H])c(-n2c3ccccc3c3ccccc32)c([2H])c2c1B1c3c([2H])c([2H])c(-n4c5ccccc5c5ccccc54)c([2H])c3Oc3c1c(c([2H])c1c3B3c4c(cc(C(C)(C)C)cc4N1c1c(-c4ccccc4)cc(C(C)(C)C)cc1-c1ccccc1)N(c1c(-c4ccccc4)cc(C(C)(C)C)cc1-c1ccccc1)c1c([2H])c([2H])c(-c4ccccc4)c([2H])c13)O2. The Hall–Kier alpha value is -13.6. The highest BCUT2D eigenvalue weighted by atomic mass is 16.5. The number of nitrogens with zero attached hydrogens (tertiary/aromatic N) is 4. The van der Waals surface area contributed by atoms with E-state index >= 15 is 0 Å². The predicted octanol–water partition coefficient (Wildman–Crippen LogP) is 24.9. The van der Waals surface area contributed by atoms with Crippen LogP contribution in [-0.2, 0) is 16.2 Å². The summed E-state index contributed by atoms with van der Waals surface area (Å²) in [6.07, 6.45) is 0. The van der Waals surface area contributed by atoms with Crippen molar-refractivity contribution in [2.45, 2.75) is 78.6 Å². The number of aromatic nitrogens is 2. The van der Waals surface area contributed by atoms with E-state index in [2.05, 4.69) is 157 Å². The van der Waals surface area contributed by atoms with Gasteiger partial charge in [-0.2, -0.15) is 0 Å². The summed E-state index contributed by atoms with van der Waals surface area (Å²) in [6.45, 7) is 17.1. The summed E-state index contributed by atoms with van der Waals surface area (Å²) in [7, 11) is 0. The van der Waals surface area contributed by atoms with Crippen molar-refractivity contribution >= 4 is 124 Å². The Bertz CT molecular complexity index is 7490. The molecule has 16 aromatic carbocycles. The van der Waals surface area contributed by atoms with Crippen LogP contribution < -0.4 is 52.1 Å². The van der Waals surface area contributed by atoms with E-state index in [1.54, 1.807) is 0 Å². The van der Waals surface area contributed by atoms with Gasteiger partial charge in [0.1, 0.15) is 23.0 Å². The molecule has 0 radical (unpaired) electrons. The predicted molar refractivity (Wildman–Crippen MR) is 490 cm³/mol. The van der Waals surface area contributed by atoms with Gasteiger partial charge < -0.3 is 28.4 Å². The van der Waals surface area contributed by atoms with E-state index in [0.29, 0.717) is 66.8 Å². The van der Waals surface area contributed by atoms with Crippen molar-refractivity contribution in [3.63, 3.8) is 0 Å². The molecule has 6 heterocycles. The Labute approximate surface area is 693 Å². The minimum Gasteiger partial charge on any atom is -0.459 e. The van der Waals surface area contributed by atoms with Crippen LogP contribution in [0.15, 0.2) is 346 Å². The smallest absolute Gasteiger partial charge is 0.260 e. The van der Waals surface area contributed by atoms with E-state index in [0.717, 1.165) is 82.7 Å². The van der Waals surface area contributed by atoms with Crippen molar-refractivity contribution in [3.05, 3.63) is 362 Å². The van der Waals surface area contributed by atoms with Crippen LogP contribution >= 0.6 is 0 Å². The Morgan fingerprint density at radius 1 is 0.276 bits per heavy atom. The molecule has 0 spiro atoms. The molecule has 0 unspecified atom stereocenters. The largest absolute Gasteiger partial charge is 0.459 e. The number of ether oxygens (including phenoxy) is 2. The van der Waals surface area contributed by atoms with Crippen LogP contribution in [0.3, 0.4) is 0 Å². The maximum Gasteiger partial charge on any atom is 0.260 e. The van der Waals surface area contributed by atoms with Gasteiger partial charge in [-0.3, -0.25) is 0 Å². The van der Waals surface area contributed by atoms with E-state index in [9.17, 15) is 13.7 Å². The number of benzene rings is 16. The molecule has 22 rings (SSSR count). The van der Waals surface area contributed by atoms with E-state index in [1.165, 1.54) is 0 Å². The third-order valence-electron chi connectivity index (χ3n) is 24.1. The topological polar surface area (TPSA) is 34.8 Å². The average Bonchev–Trinajstić information content (AvgIpc) is 0.707. The Morgan fingerprint density at radius 2 is 0.629 bits per heavy atom. The van der Waals surface area contributed by atoms with Gasteiger partial charge in [0, 0.05) is 102 Å². The molecule has 18 aromatic rings. The maximum atomic E-state index is 12.2. The van der Waals surface area contributed by atoms with Crippen molar-refractivity contribution in [3.8, 4) is 90.0 Å². The molecule has 554 valence electrons. The van der Waals surface area contributed by atoms with Gasteiger partial charge in [-0.1, -0.05) is 311 Å². The van der Waals surface area contributed by atoms with Gasteiger partial charge in [0.15, 0.2) is 0 Å². The van der Waals surface area contributed by atoms with Crippen LogP contribution in [-0.4, -0.2) is 22.6 Å². The number of anilines is 6. The number of para-hydroxylation sites is 4. The molecule has 8 heteroatoms. The molecule has 0 N–H and O–H groups in total. The van der Waals surface area contributed by atoms with E-state index < -0.39 is 29.7 Å². The molecule has 0 saturated carbocycles. The lowest BCUT2D eigenvalue weighted by Crippen LogP contribution is -2.65. The number of fused-ring (bicyclic) bond motifs is 15. The van der Waals surface area contributed by atoms with Crippen LogP contribution in [0.2, 0.25) is 0 Å². The first-order valence-electron chi connectivity index (χ1n) is 45.1. The highest BCUT2D eigenvalue weighted by molar-refractivity contribution is 7.03. The third kappa shape index (κ3) is 10.8. The lowest BCUT2D eigenvalue weighted by atomic mass is 9.30. The van der Waals surface area contributed by atoms with Crippen LogP contribution in [0.5, 0.6) is 23.0 Å². The van der Waals surface area contributed by atoms with Gasteiger partial charge in [-0.05, 0) is 172 Å². The minimum absolute atomic E-state index is 0.00112. The fourth-order valence-corrected chi connectivity index (χ4v) is 18.4. The fraction of sp³-hybridized carbons (Fsp3) is 0.111. The van der Waals surface area contributed by atoms with Crippen molar-refractivity contribution in [2.75, 3.05) is 9.80 Å². The van der Waals surface area contributed by atoms with Crippen LogP contribution in [0, 0.1) is 0 Å². The minimum atomic E-state index is -1.48. The first-order chi connectivity index (χ1) is 60.7. The van der Waals surface area contributed by atoms with Gasteiger partial charge in [0.05, 0.1) is 47.1 Å². The molecule has 4 aliphatic heterocycles. The molecule has 0 atom stereocenters. The van der Waals surface area contributed by atoms with Gasteiger partial charge >= 0.3 is 0 Å². The molecular formula is C108H84B2N4O2. The zero-order valence-electron chi connectivity index (χ0n) is 75.9. The van der Waals surface area contributed by atoms with Crippen molar-refractivity contribution in [1.29, 1.82) is 0 Å². The summed E-state index contributed by atoms with van der Waals surface area (Å²) in [6, 6.07) is 92.9. The van der Waals surface area contributed by atoms with Crippen molar-refractivity contribution in [2.24, 2.45) is 0 Å². The molecular weight excluding hydrogens is 1410 g/mol. The monoisotopic (exact) mass is 1500 g/mol. The second-order valence-electron chi connectivity index (χ2n) is 34.2. The van der Waals surface area contributed by atoms with Gasteiger partial charge in [0.2, 0.25) is 0 Å². The molecule has 0 saturated heterocycles. The van der Waals surface area contributed by atoms with Gasteiger partial charge in [-0.15, -0.1) is 0 Å². The van der Waals surface area contributed by atoms with Crippen molar-refractivity contribution < 1.29 is 23.2 Å². The molecule has 2 aromatic heterocycles. The van der Waals surface area contributed by atoms with E-state index in [4.69, 9.17) is 9.47 Å². The Balaban J connectivity index is 0.977. The van der Waals surface area contributed by atoms with Crippen molar-refractivity contribution in [1.82, 2.24) is 9.13 Å². The second-order valence-corrected chi connectivity index (χ2v) is 34.2. The second kappa shape index (κ2) is 26.0. The first-order valence-corrected chi connectivity index (χ1v) is 40.1. The van der Waals surface area contributed by atoms with Gasteiger partial charge in [-0.25, -0.2) is 0 Å². The number of rotatable bonds is 9. The summed E-state index contributed by atoms with van der Waals surface area (Å²) in [5.74, 6) is -0.352. The summed E-state index contributed by atoms with van der Waals surface area (Å²) >= 11 is 0. The fourth-order valence-electron chi connectivity index (χ4n) is 18.4. The van der Waals surface area contributed by atoms with Crippen LogP contribution in [0.25, 0.3) is 111 Å². The number of hydrogen-bond donors (Lipinski definition) is 0. The zero-order chi connectivity index (χ0) is 86.9. The summed E-state index contributed by atoms with van der Waals surface area (Å²) in [5.41, 5.74) is 16.0. The molecule has 0 aliphatic carbocycles. The van der Waals surface area contributed by atoms with E-state index in [1.807, 2.05) is 209 Å². The Morgan fingerprint density at radius 3 is 1.03 bits per heavy atom. The lowest BCUT2D eigenvalue weighted by Gasteiger charge is -2.48. The molecule has 0 bridgehead atoms. The standard InChI is InChI=1S/C108H84B2N4O2/c1-106(2,3)73-58-82(68-35-17-11-18-36-68)103(83(59-73)69-37-19-12-20-38-69)113-93-56-51-72(67-33-15-10-16-34-67)57-88(93)110-100-94(113)62-75(108(7,8)9)63-95(100)114(104-84(70-39-21-13-22-40-70)60-74(107(4,5)6)61-85(104)71-41-23-14-24-42-71)96-66-99-102-105(101(96)110)116-98-65-77(112-91-49-31-27-45-80(91)81-46-28-32-50-92(81)112)53-55-87(98)109(102)86-54-52-76(64-97(86)115-99)111-89-47-29-25-43-78(89)79-44-26-30-48-90(79)111/h10-66H,1-9H3/i51D,52D,53D,54D,55D,56D,57D,64D,65D,66D. The average molecular weight is 1500 g/mol. The third-order valence-corrected chi connectivity index (χ3v) is 24.1. The maximum absolute atomic E-state index is 12.2. The first kappa shape index (κ1) is 59.2. The summed E-state index contributed by atoms with van der Waals surface area (Å²) < 4.78 is 132. The zero-order valence-corrected chi connectivity index (χ0v) is 65.9. The molecule has 0 amide bonds. The molecule has 6 nitrogen and oxygen atoms in total. The molecule has 0 fully saturated rings. The van der Waals surface area contributed by atoms with Crippen LogP contribution in [0.4, 0.5) is 34.1 Å². The van der Waals surface area contributed by atoms with Crippen LogP contribution in [0.1, 0.15) is 92.7 Å². The number of hydrogen-bond acceptors (Lipinski definition) is 4. The summed E-state index contributed by atoms with van der Waals surface area (Å²) in [5, 5.41) is 3.41. The van der Waals surface area contributed by atoms with Gasteiger partial charge in [0.25, 0.3) is 13.4 Å². The summed E-state index contributed by atoms with van der Waals surface area (Å²) in [4.78, 5) is 4.40. The highest BCUT2D eigenvalue weighted by Crippen LogP contribution is 2.57. The lowest BCUT2D eigenvalue weighted by molar-refractivity contribution is 0.467. The van der Waals surface area contributed by atoms with E-state index in [-0.39, 0.29) is 128 Å². The normalized spacial score (nSPS) is 14.5.